The van der Waals surface area contributed by atoms with Gasteiger partial charge in [-0.1, -0.05) is 24.6 Å². The van der Waals surface area contributed by atoms with Crippen molar-refractivity contribution in [1.82, 2.24) is 10.6 Å². The van der Waals surface area contributed by atoms with Crippen LogP contribution in [-0.4, -0.2) is 30.1 Å². The fourth-order valence-corrected chi connectivity index (χ4v) is 2.25. The highest BCUT2D eigenvalue weighted by Crippen LogP contribution is 2.15. The summed E-state index contributed by atoms with van der Waals surface area (Å²) in [6.45, 7) is 0.867. The Morgan fingerprint density at radius 2 is 2.26 bits per heavy atom. The van der Waals surface area contributed by atoms with Crippen molar-refractivity contribution >= 4 is 5.91 Å². The maximum atomic E-state index is 13.4. The second-order valence-corrected chi connectivity index (χ2v) is 4.78. The van der Waals surface area contributed by atoms with Gasteiger partial charge in [-0.3, -0.25) is 4.79 Å². The number of carbonyl (C=O) groups excluding carboxylic acids is 1. The molecule has 1 aromatic carbocycles. The van der Waals surface area contributed by atoms with E-state index in [0.29, 0.717) is 0 Å². The maximum absolute atomic E-state index is 13.4. The molecule has 1 unspecified atom stereocenters. The number of piperidine rings is 1. The van der Waals surface area contributed by atoms with Crippen LogP contribution in [0.25, 0.3) is 0 Å². The van der Waals surface area contributed by atoms with Crippen molar-refractivity contribution < 1.29 is 14.3 Å². The molecule has 0 aromatic heterocycles. The summed E-state index contributed by atoms with van der Waals surface area (Å²) in [6.07, 6.45) is 1.90. The zero-order valence-corrected chi connectivity index (χ0v) is 10.7. The molecular formula is C14H19FN2O2. The maximum Gasteiger partial charge on any atom is 0.237 e. The minimum Gasteiger partial charge on any atom is -0.386 e. The van der Waals surface area contributed by atoms with Crippen molar-refractivity contribution in [3.63, 3.8) is 0 Å². The molecule has 1 fully saturated rings. The number of aliphatic hydroxyl groups is 1. The lowest BCUT2D eigenvalue weighted by Gasteiger charge is -2.23. The lowest BCUT2D eigenvalue weighted by Crippen LogP contribution is -2.47. The highest BCUT2D eigenvalue weighted by Gasteiger charge is 2.21. The molecule has 1 amide bonds. The summed E-state index contributed by atoms with van der Waals surface area (Å²) in [5, 5.41) is 15.7. The highest BCUT2D eigenvalue weighted by atomic mass is 19.1. The Hall–Kier alpha value is -1.46. The molecule has 2 atom stereocenters. The smallest absolute Gasteiger partial charge is 0.237 e. The van der Waals surface area contributed by atoms with Crippen LogP contribution in [0.2, 0.25) is 0 Å². The third-order valence-electron chi connectivity index (χ3n) is 3.36. The van der Waals surface area contributed by atoms with Crippen LogP contribution in [0.3, 0.4) is 0 Å². The van der Waals surface area contributed by atoms with Gasteiger partial charge in [0.1, 0.15) is 5.82 Å². The summed E-state index contributed by atoms with van der Waals surface area (Å²) >= 11 is 0. The number of halogens is 1. The fourth-order valence-electron chi connectivity index (χ4n) is 2.25. The van der Waals surface area contributed by atoms with Crippen LogP contribution in [0.1, 0.15) is 30.9 Å². The third kappa shape index (κ3) is 3.75. The summed E-state index contributed by atoms with van der Waals surface area (Å²) < 4.78 is 13.4. The van der Waals surface area contributed by atoms with Gasteiger partial charge in [0.05, 0.1) is 12.1 Å². The molecule has 0 bridgehead atoms. The zero-order valence-electron chi connectivity index (χ0n) is 10.7. The lowest BCUT2D eigenvalue weighted by molar-refractivity contribution is -0.124. The van der Waals surface area contributed by atoms with Gasteiger partial charge in [-0.15, -0.1) is 0 Å². The molecule has 0 aliphatic carbocycles. The molecule has 4 nitrogen and oxygen atoms in total. The molecule has 1 aromatic rings. The first-order chi connectivity index (χ1) is 9.18. The van der Waals surface area contributed by atoms with E-state index in [9.17, 15) is 14.3 Å². The first-order valence-corrected chi connectivity index (χ1v) is 6.62. The first kappa shape index (κ1) is 14.0. The summed E-state index contributed by atoms with van der Waals surface area (Å²) in [5.74, 6) is -0.588. The minimum atomic E-state index is -1.02. The van der Waals surface area contributed by atoms with Crippen molar-refractivity contribution in [2.75, 3.05) is 13.1 Å². The number of carbonyl (C=O) groups is 1. The van der Waals surface area contributed by atoms with Crippen molar-refractivity contribution in [3.8, 4) is 0 Å². The Kier molecular flexibility index (Phi) is 4.87. The van der Waals surface area contributed by atoms with Crippen LogP contribution < -0.4 is 10.6 Å². The van der Waals surface area contributed by atoms with Crippen molar-refractivity contribution in [2.24, 2.45) is 0 Å². The molecule has 1 saturated heterocycles. The number of hydrogen-bond acceptors (Lipinski definition) is 3. The number of rotatable bonds is 4. The molecule has 0 radical (unpaired) electrons. The van der Waals surface area contributed by atoms with Gasteiger partial charge in [0.15, 0.2) is 0 Å². The lowest BCUT2D eigenvalue weighted by atomic mass is 10.0. The van der Waals surface area contributed by atoms with E-state index in [1.165, 1.54) is 12.1 Å². The monoisotopic (exact) mass is 266 g/mol. The largest absolute Gasteiger partial charge is 0.386 e. The van der Waals surface area contributed by atoms with Crippen LogP contribution in [0.4, 0.5) is 4.39 Å². The second kappa shape index (κ2) is 6.63. The molecule has 1 aliphatic heterocycles. The van der Waals surface area contributed by atoms with Gasteiger partial charge in [-0.05, 0) is 25.5 Å². The van der Waals surface area contributed by atoms with E-state index in [1.807, 2.05) is 0 Å². The van der Waals surface area contributed by atoms with Crippen LogP contribution in [0, 0.1) is 5.82 Å². The van der Waals surface area contributed by atoms with Gasteiger partial charge in [-0.25, -0.2) is 4.39 Å². The van der Waals surface area contributed by atoms with Crippen LogP contribution in [-0.2, 0) is 4.79 Å². The van der Waals surface area contributed by atoms with Crippen molar-refractivity contribution in [3.05, 3.63) is 35.6 Å². The Bertz CT molecular complexity index is 433. The molecule has 1 heterocycles. The van der Waals surface area contributed by atoms with E-state index in [1.54, 1.807) is 12.1 Å². The summed E-state index contributed by atoms with van der Waals surface area (Å²) in [5.41, 5.74) is 0.208. The van der Waals surface area contributed by atoms with Gasteiger partial charge < -0.3 is 15.7 Å². The number of benzene rings is 1. The fraction of sp³-hybridized carbons (Fsp3) is 0.500. The Morgan fingerprint density at radius 1 is 1.47 bits per heavy atom. The first-order valence-electron chi connectivity index (χ1n) is 6.62. The number of amides is 1. The second-order valence-electron chi connectivity index (χ2n) is 4.78. The molecule has 3 N–H and O–H groups in total. The molecule has 19 heavy (non-hydrogen) atoms. The average Bonchev–Trinajstić information content (AvgIpc) is 2.46. The normalized spacial score (nSPS) is 20.8. The van der Waals surface area contributed by atoms with E-state index in [-0.39, 0.29) is 24.1 Å². The van der Waals surface area contributed by atoms with E-state index in [2.05, 4.69) is 10.6 Å². The van der Waals surface area contributed by atoms with Gasteiger partial charge >= 0.3 is 0 Å². The third-order valence-corrected chi connectivity index (χ3v) is 3.36. The van der Waals surface area contributed by atoms with E-state index in [0.717, 1.165) is 25.8 Å². The molecule has 0 saturated carbocycles. The summed E-state index contributed by atoms with van der Waals surface area (Å²) in [6, 6.07) is 5.85. The van der Waals surface area contributed by atoms with Crippen LogP contribution >= 0.6 is 0 Å². The SMILES string of the molecule is O=C(NCC(O)c1ccccc1F)[C@@H]1CCCCN1. The van der Waals surface area contributed by atoms with Crippen molar-refractivity contribution in [2.45, 2.75) is 31.4 Å². The Morgan fingerprint density at radius 3 is 2.95 bits per heavy atom. The number of hydrogen-bond donors (Lipinski definition) is 3. The van der Waals surface area contributed by atoms with E-state index < -0.39 is 11.9 Å². The molecule has 2 rings (SSSR count). The summed E-state index contributed by atoms with van der Waals surface area (Å²) in [7, 11) is 0. The van der Waals surface area contributed by atoms with Crippen LogP contribution in [0.15, 0.2) is 24.3 Å². The topological polar surface area (TPSA) is 61.4 Å². The van der Waals surface area contributed by atoms with E-state index in [4.69, 9.17) is 0 Å². The van der Waals surface area contributed by atoms with E-state index >= 15 is 0 Å². The average molecular weight is 266 g/mol. The zero-order chi connectivity index (χ0) is 13.7. The molecule has 104 valence electrons. The number of nitrogens with one attached hydrogen (secondary N) is 2. The number of aliphatic hydroxyl groups excluding tert-OH is 1. The van der Waals surface area contributed by atoms with Gasteiger partial charge in [0.25, 0.3) is 0 Å². The van der Waals surface area contributed by atoms with Gasteiger partial charge in [-0.2, -0.15) is 0 Å². The van der Waals surface area contributed by atoms with Gasteiger partial charge in [0.2, 0.25) is 5.91 Å². The predicted octanol–water partition coefficient (Wildman–Crippen LogP) is 1.12. The van der Waals surface area contributed by atoms with Crippen LogP contribution in [0.5, 0.6) is 0 Å². The highest BCUT2D eigenvalue weighted by molar-refractivity contribution is 5.81. The summed E-state index contributed by atoms with van der Waals surface area (Å²) in [4.78, 5) is 11.8. The minimum absolute atomic E-state index is 0.0257. The quantitative estimate of drug-likeness (QED) is 0.765. The molecular weight excluding hydrogens is 247 g/mol. The van der Waals surface area contributed by atoms with Gasteiger partial charge in [0, 0.05) is 12.1 Å². The Labute approximate surface area is 112 Å². The Balaban J connectivity index is 1.84. The molecule has 5 heteroatoms. The predicted molar refractivity (Wildman–Crippen MR) is 70.0 cm³/mol. The molecule has 0 spiro atoms. The molecule has 1 aliphatic rings. The van der Waals surface area contributed by atoms with Crippen molar-refractivity contribution in [1.29, 1.82) is 0 Å². The standard InChI is InChI=1S/C14H19FN2O2/c15-11-6-2-1-5-10(11)13(18)9-17-14(19)12-7-3-4-8-16-12/h1-2,5-6,12-13,16,18H,3-4,7-9H2,(H,17,19)/t12-,13?/m0/s1.